The quantitative estimate of drug-likeness (QED) is 0.0253. The fourth-order valence-corrected chi connectivity index (χ4v) is 11.4. The van der Waals surface area contributed by atoms with Gasteiger partial charge < -0.3 is 117 Å². The Morgan fingerprint density at radius 2 is 0.635 bits per heavy atom. The summed E-state index contributed by atoms with van der Waals surface area (Å²) < 4.78 is 81.2. The van der Waals surface area contributed by atoms with Gasteiger partial charge in [-0.25, -0.2) is 49.8 Å². The largest absolute Gasteiger partial charge is 0.470 e. The molecule has 24 bridgehead atoms. The van der Waals surface area contributed by atoms with Crippen LogP contribution in [0.15, 0.2) is 131 Å². The summed E-state index contributed by atoms with van der Waals surface area (Å²) in [5, 5.41) is 24.8. The van der Waals surface area contributed by atoms with Crippen LogP contribution in [0.3, 0.4) is 0 Å². The lowest BCUT2D eigenvalue weighted by Crippen LogP contribution is -2.34. The SMILES string of the molecule is NCCCC[C@@H]1NC(=O)c2coc(n2)-c2coc(n2)-c2coc(n2)C(CCCCNCCOCCOCCNCCCCC2NC(=O)C3=COC(N3)c3coc(n3)-c3coc(n3)[C@H](CCCCN)NC(=O)c3coc(n3)-c3coc(n3)-c3coc2n3)NC(=O)C2=COC(N2)c2coc(n2)-c2coc1n2. The molecule has 38 heteroatoms. The predicted octanol–water partition coefficient (Wildman–Crippen LogP) is 6.28. The second-order valence-corrected chi connectivity index (χ2v) is 24.4. The molecule has 4 unspecified atom stereocenters. The van der Waals surface area contributed by atoms with Crippen molar-refractivity contribution in [3.05, 3.63) is 133 Å². The molecule has 4 aliphatic rings. The maximum Gasteiger partial charge on any atom is 0.273 e. The number of rotatable bonds is 27. The first-order valence-corrected chi connectivity index (χ1v) is 34.1. The van der Waals surface area contributed by atoms with Gasteiger partial charge in [-0.15, -0.1) is 0 Å². The summed E-state index contributed by atoms with van der Waals surface area (Å²) in [4.78, 5) is 100. The van der Waals surface area contributed by atoms with Crippen LogP contribution in [0.2, 0.25) is 0 Å². The van der Waals surface area contributed by atoms with Crippen molar-refractivity contribution in [2.24, 2.45) is 11.5 Å². The smallest absolute Gasteiger partial charge is 0.273 e. The van der Waals surface area contributed by atoms with Crippen molar-refractivity contribution in [2.75, 3.05) is 65.7 Å². The van der Waals surface area contributed by atoms with E-state index in [-0.39, 0.29) is 116 Å². The molecule has 546 valence electrons. The van der Waals surface area contributed by atoms with E-state index in [0.717, 1.165) is 12.8 Å². The van der Waals surface area contributed by atoms with Gasteiger partial charge in [0.1, 0.15) is 122 Å². The molecule has 0 fully saturated rings. The Kier molecular flexibility index (Phi) is 22.1. The van der Waals surface area contributed by atoms with E-state index in [2.05, 4.69) is 92.4 Å². The lowest BCUT2D eigenvalue weighted by Gasteiger charge is -2.16. The van der Waals surface area contributed by atoms with Crippen molar-refractivity contribution in [1.29, 1.82) is 0 Å². The number of amides is 4. The van der Waals surface area contributed by atoms with Gasteiger partial charge in [0.05, 0.1) is 26.4 Å². The second kappa shape index (κ2) is 33.0. The van der Waals surface area contributed by atoms with Crippen molar-refractivity contribution in [3.63, 3.8) is 0 Å². The van der Waals surface area contributed by atoms with Crippen LogP contribution in [0.25, 0.3) is 69.5 Å². The summed E-state index contributed by atoms with van der Waals surface area (Å²) in [7, 11) is 0. The number of carbonyl (C=O) groups is 4. The predicted molar refractivity (Wildman–Crippen MR) is 352 cm³/mol. The number of hydrogen-bond donors (Lipinski definition) is 10. The molecule has 38 nitrogen and oxygen atoms in total. The third-order valence-electron chi connectivity index (χ3n) is 16.9. The number of unbranched alkanes of at least 4 members (excludes halogenated alkanes) is 4. The lowest BCUT2D eigenvalue weighted by molar-refractivity contribution is -0.119. The van der Waals surface area contributed by atoms with E-state index < -0.39 is 60.3 Å². The van der Waals surface area contributed by atoms with Gasteiger partial charge in [0, 0.05) is 13.1 Å². The Labute approximate surface area is 589 Å². The molecule has 104 heavy (non-hydrogen) atoms. The molecule has 14 heterocycles. The number of nitrogens with one attached hydrogen (secondary N) is 8. The molecule has 0 radical (unpaired) electrons. The highest BCUT2D eigenvalue weighted by molar-refractivity contribution is 5.94. The average molecular weight is 1440 g/mol. The van der Waals surface area contributed by atoms with Crippen molar-refractivity contribution in [1.82, 2.24) is 92.4 Å². The van der Waals surface area contributed by atoms with Gasteiger partial charge in [0.25, 0.3) is 23.6 Å². The number of carbonyl (C=O) groups excluding carboxylic acids is 4. The number of nitrogens with zero attached hydrogens (tertiary/aromatic N) is 10. The summed E-state index contributed by atoms with van der Waals surface area (Å²) in [6.45, 7) is 5.21. The molecule has 0 saturated heterocycles. The minimum absolute atomic E-state index is 0.0193. The third kappa shape index (κ3) is 16.8. The standard InChI is InChI=1S/C66H74N20O18/c67-13-5-1-9-35-55-79-47(27-97-55)63-83-45(31-101-63)61-77-41(25-95-61)53(89)73-37(57-81-49(29-99-57)65-85-43(33-103-65)59-75-39(23-93-59)51(87)71-35)11-3-7-15-69-17-19-91-21-22-92-20-18-70-16-8-4-12-38-58-82-50(30-100-58)66-86-44(34-104-66)60-76-40(24-94-60)52(88)72-36(10-2-6-14-68)56-80-48(28-98-56)64-84-46(32-102-64)62-78-42(26-96-62)54(90)74-38/h23-38,61-62,69-70,77-78H,1-22,67-68H2,(H,71,87)(H,72,88)(H,73,89)(H,74,90)/t35-,36-,37?,38?,61?,62?/m0/s1. The van der Waals surface area contributed by atoms with Gasteiger partial charge in [-0.1, -0.05) is 0 Å². The van der Waals surface area contributed by atoms with Crippen LogP contribution in [0.5, 0.6) is 0 Å². The molecule has 10 aromatic rings. The van der Waals surface area contributed by atoms with Crippen LogP contribution >= 0.6 is 0 Å². The molecule has 10 aromatic heterocycles. The first kappa shape index (κ1) is 69.5. The number of hydrogen-bond acceptors (Lipinski definition) is 34. The number of fused-ring (bicyclic) bond motifs is 32. The molecule has 0 aromatic carbocycles. The Balaban J connectivity index is 0.514. The fraction of sp³-hybridized carbons (Fsp3) is 0.424. The lowest BCUT2D eigenvalue weighted by atomic mass is 10.1. The zero-order valence-corrected chi connectivity index (χ0v) is 55.9. The van der Waals surface area contributed by atoms with Gasteiger partial charge in [-0.3, -0.25) is 19.2 Å². The van der Waals surface area contributed by atoms with Crippen molar-refractivity contribution < 1.29 is 82.3 Å². The Morgan fingerprint density at radius 3 is 1.01 bits per heavy atom. The Morgan fingerprint density at radius 1 is 0.327 bits per heavy atom. The fourth-order valence-electron chi connectivity index (χ4n) is 11.4. The monoisotopic (exact) mass is 1430 g/mol. The molecule has 4 amide bonds. The van der Waals surface area contributed by atoms with Gasteiger partial charge in [0.15, 0.2) is 45.6 Å². The summed E-state index contributed by atoms with van der Waals surface area (Å²) in [6, 6.07) is -2.71. The van der Waals surface area contributed by atoms with Gasteiger partial charge in [-0.05, 0) is 103 Å². The molecule has 0 aliphatic carbocycles. The third-order valence-corrected chi connectivity index (χ3v) is 16.9. The van der Waals surface area contributed by atoms with Gasteiger partial charge >= 0.3 is 0 Å². The zero-order chi connectivity index (χ0) is 71.1. The van der Waals surface area contributed by atoms with Crippen molar-refractivity contribution in [3.8, 4) is 69.5 Å². The number of aromatic nitrogens is 10. The van der Waals surface area contributed by atoms with E-state index in [1.165, 1.54) is 75.2 Å². The van der Waals surface area contributed by atoms with Crippen LogP contribution in [0.1, 0.15) is 170 Å². The highest BCUT2D eigenvalue weighted by atomic mass is 16.5. The molecule has 0 saturated carbocycles. The minimum atomic E-state index is -0.870. The molecule has 0 spiro atoms. The maximum absolute atomic E-state index is 13.9. The van der Waals surface area contributed by atoms with Gasteiger partial charge in [0.2, 0.25) is 71.4 Å². The summed E-state index contributed by atoms with van der Waals surface area (Å²) >= 11 is 0. The minimum Gasteiger partial charge on any atom is -0.470 e. The van der Waals surface area contributed by atoms with Crippen LogP contribution in [-0.2, 0) is 28.5 Å². The van der Waals surface area contributed by atoms with E-state index in [0.29, 0.717) is 141 Å². The second-order valence-electron chi connectivity index (χ2n) is 24.4. The van der Waals surface area contributed by atoms with Gasteiger partial charge in [-0.2, -0.15) is 0 Å². The molecule has 4 aliphatic heterocycles. The topological polar surface area (TPSA) is 514 Å². The van der Waals surface area contributed by atoms with E-state index in [1.807, 2.05) is 0 Å². The van der Waals surface area contributed by atoms with Crippen molar-refractivity contribution in [2.45, 2.75) is 114 Å². The number of ether oxygens (including phenoxy) is 4. The highest BCUT2D eigenvalue weighted by Gasteiger charge is 2.35. The first-order chi connectivity index (χ1) is 51.1. The molecule has 12 N–H and O–H groups in total. The summed E-state index contributed by atoms with van der Waals surface area (Å²) in [5.41, 5.74) is 13.8. The zero-order valence-electron chi connectivity index (χ0n) is 55.9. The van der Waals surface area contributed by atoms with Crippen LogP contribution < -0.4 is 54.0 Å². The first-order valence-electron chi connectivity index (χ1n) is 34.1. The molecule has 6 atom stereocenters. The van der Waals surface area contributed by atoms with E-state index >= 15 is 0 Å². The molecular weight excluding hydrogens is 1360 g/mol. The normalized spacial score (nSPS) is 18.8. The van der Waals surface area contributed by atoms with E-state index in [1.54, 1.807) is 0 Å². The van der Waals surface area contributed by atoms with Crippen LogP contribution in [-0.4, -0.2) is 139 Å². The summed E-state index contributed by atoms with van der Waals surface area (Å²) in [5.74, 6) is -0.775. The Bertz CT molecular complexity index is 4300. The summed E-state index contributed by atoms with van der Waals surface area (Å²) in [6.07, 6.45) is 21.5. The molecule has 14 rings (SSSR count). The average Bonchev–Trinajstić information content (AvgIpc) is 1.68. The van der Waals surface area contributed by atoms with E-state index in [4.69, 9.17) is 74.6 Å². The van der Waals surface area contributed by atoms with Crippen LogP contribution in [0.4, 0.5) is 0 Å². The Hall–Kier alpha value is -11.6. The number of oxazole rings is 10. The molecular formula is C66H74N20O18. The maximum atomic E-state index is 13.9. The van der Waals surface area contributed by atoms with Crippen LogP contribution in [0, 0.1) is 0 Å². The highest BCUT2D eigenvalue weighted by Crippen LogP contribution is 2.34. The number of nitrogens with two attached hydrogens (primary N) is 2. The van der Waals surface area contributed by atoms with Crippen molar-refractivity contribution >= 4 is 23.6 Å². The van der Waals surface area contributed by atoms with E-state index in [9.17, 15) is 19.2 Å².